The van der Waals surface area contributed by atoms with Gasteiger partial charge in [-0.1, -0.05) is 194 Å². The monoisotopic (exact) mass is 675 g/mol. The van der Waals surface area contributed by atoms with Crippen LogP contribution in [0.15, 0.2) is 224 Å². The molecular weight excluding hydrogens is 639 g/mol. The van der Waals surface area contributed by atoms with Crippen LogP contribution in [0.1, 0.15) is 0 Å². The molecule has 1 heteroatoms. The molecule has 0 N–H and O–H groups in total. The summed E-state index contributed by atoms with van der Waals surface area (Å²) in [6, 6.07) is 80.9. The number of hydrogen-bond donors (Lipinski definition) is 0. The van der Waals surface area contributed by atoms with E-state index >= 15 is 0 Å². The van der Waals surface area contributed by atoms with Gasteiger partial charge < -0.3 is 4.90 Å². The molecule has 1 nitrogen and oxygen atoms in total. The Morgan fingerprint density at radius 3 is 1.51 bits per heavy atom. The van der Waals surface area contributed by atoms with Gasteiger partial charge in [0.2, 0.25) is 0 Å². The maximum Gasteiger partial charge on any atom is 0.0540 e. The standard InChI is InChI=1S/C52H37N/c1-4-19-38(20-5-1)45-30-12-13-32-49(45)52-47(40-21-6-2-7-22-40)34-18-35-50(52)48-31-14-15-36-51(48)53(42-26-8-3-9-27-42)43-28-16-25-41(37-43)46-33-17-24-39-23-10-11-29-44(39)46/h1-37H. The van der Waals surface area contributed by atoms with Crippen LogP contribution in [0.2, 0.25) is 0 Å². The molecule has 0 saturated heterocycles. The third kappa shape index (κ3) is 6.20. The van der Waals surface area contributed by atoms with Gasteiger partial charge in [0.05, 0.1) is 5.69 Å². The van der Waals surface area contributed by atoms with Crippen LogP contribution in [0, 0.1) is 0 Å². The van der Waals surface area contributed by atoms with Crippen molar-refractivity contribution in [1.29, 1.82) is 0 Å². The summed E-state index contributed by atoms with van der Waals surface area (Å²) in [7, 11) is 0. The maximum absolute atomic E-state index is 2.41. The average molecular weight is 676 g/mol. The average Bonchev–Trinajstić information content (AvgIpc) is 3.25. The molecule has 0 aliphatic heterocycles. The van der Waals surface area contributed by atoms with Crippen molar-refractivity contribution in [3.05, 3.63) is 224 Å². The quantitative estimate of drug-likeness (QED) is 0.155. The van der Waals surface area contributed by atoms with Gasteiger partial charge in [-0.2, -0.15) is 0 Å². The van der Waals surface area contributed by atoms with E-state index in [1.165, 1.54) is 60.8 Å². The van der Waals surface area contributed by atoms with Gasteiger partial charge in [0.1, 0.15) is 0 Å². The summed E-state index contributed by atoms with van der Waals surface area (Å²) in [4.78, 5) is 2.41. The summed E-state index contributed by atoms with van der Waals surface area (Å²) in [5, 5.41) is 2.49. The highest BCUT2D eigenvalue weighted by atomic mass is 15.1. The SMILES string of the molecule is c1ccc(-c2ccccc2-c2c(-c3ccccc3)cccc2-c2ccccc2N(c2ccccc2)c2cccc(-c3cccc4ccccc34)c2)cc1. The van der Waals surface area contributed by atoms with Crippen molar-refractivity contribution in [3.63, 3.8) is 0 Å². The lowest BCUT2D eigenvalue weighted by molar-refractivity contribution is 1.28. The molecule has 0 amide bonds. The highest BCUT2D eigenvalue weighted by Crippen LogP contribution is 2.48. The lowest BCUT2D eigenvalue weighted by Gasteiger charge is -2.29. The minimum atomic E-state index is 1.10. The van der Waals surface area contributed by atoms with Crippen LogP contribution in [0.5, 0.6) is 0 Å². The molecule has 0 bridgehead atoms. The van der Waals surface area contributed by atoms with Crippen molar-refractivity contribution in [2.75, 3.05) is 4.90 Å². The molecule has 0 aromatic heterocycles. The second-order valence-corrected chi connectivity index (χ2v) is 13.3. The van der Waals surface area contributed by atoms with E-state index in [0.717, 1.165) is 22.6 Å². The normalized spacial score (nSPS) is 11.0. The molecule has 250 valence electrons. The zero-order valence-corrected chi connectivity index (χ0v) is 29.3. The summed E-state index contributed by atoms with van der Waals surface area (Å²) in [5.41, 5.74) is 15.2. The first-order valence-electron chi connectivity index (χ1n) is 18.2. The van der Waals surface area contributed by atoms with E-state index in [1.807, 2.05) is 0 Å². The molecule has 0 aliphatic rings. The van der Waals surface area contributed by atoms with Gasteiger partial charge in [-0.3, -0.25) is 0 Å². The number of benzene rings is 9. The fourth-order valence-electron chi connectivity index (χ4n) is 7.69. The Hall–Kier alpha value is -6.96. The topological polar surface area (TPSA) is 3.24 Å². The minimum absolute atomic E-state index is 1.10. The Balaban J connectivity index is 1.29. The summed E-state index contributed by atoms with van der Waals surface area (Å²) in [6.45, 7) is 0. The van der Waals surface area contributed by atoms with E-state index in [9.17, 15) is 0 Å². The largest absolute Gasteiger partial charge is 0.310 e. The van der Waals surface area contributed by atoms with E-state index in [2.05, 4.69) is 229 Å². The molecule has 0 aliphatic carbocycles. The zero-order valence-electron chi connectivity index (χ0n) is 29.3. The van der Waals surface area contributed by atoms with Gasteiger partial charge in [-0.25, -0.2) is 0 Å². The third-order valence-corrected chi connectivity index (χ3v) is 10.1. The van der Waals surface area contributed by atoms with Crippen molar-refractivity contribution in [2.24, 2.45) is 0 Å². The third-order valence-electron chi connectivity index (χ3n) is 10.1. The molecule has 9 aromatic carbocycles. The molecule has 53 heavy (non-hydrogen) atoms. The molecule has 0 fully saturated rings. The molecule has 0 heterocycles. The predicted octanol–water partition coefficient (Wildman–Crippen LogP) is 14.6. The molecule has 0 saturated carbocycles. The maximum atomic E-state index is 2.41. The number of anilines is 3. The molecule has 9 rings (SSSR count). The highest BCUT2D eigenvalue weighted by molar-refractivity contribution is 6.03. The summed E-state index contributed by atoms with van der Waals surface area (Å²) >= 11 is 0. The zero-order chi connectivity index (χ0) is 35.4. The molecule has 0 radical (unpaired) electrons. The van der Waals surface area contributed by atoms with Crippen molar-refractivity contribution < 1.29 is 0 Å². The Morgan fingerprint density at radius 1 is 0.264 bits per heavy atom. The van der Waals surface area contributed by atoms with Gasteiger partial charge >= 0.3 is 0 Å². The van der Waals surface area contributed by atoms with Gasteiger partial charge in [-0.15, -0.1) is 0 Å². The minimum Gasteiger partial charge on any atom is -0.310 e. The van der Waals surface area contributed by atoms with Crippen molar-refractivity contribution in [3.8, 4) is 55.6 Å². The van der Waals surface area contributed by atoms with Crippen LogP contribution in [0.4, 0.5) is 17.1 Å². The molecule has 9 aromatic rings. The first-order chi connectivity index (χ1) is 26.3. The van der Waals surface area contributed by atoms with Crippen molar-refractivity contribution in [2.45, 2.75) is 0 Å². The molecule has 0 spiro atoms. The first-order valence-corrected chi connectivity index (χ1v) is 18.2. The molecule has 0 atom stereocenters. The second kappa shape index (κ2) is 14.3. The predicted molar refractivity (Wildman–Crippen MR) is 226 cm³/mol. The Labute approximate surface area is 311 Å². The van der Waals surface area contributed by atoms with Crippen LogP contribution >= 0.6 is 0 Å². The second-order valence-electron chi connectivity index (χ2n) is 13.3. The van der Waals surface area contributed by atoms with Crippen LogP contribution < -0.4 is 4.90 Å². The van der Waals surface area contributed by atoms with Gasteiger partial charge in [0.15, 0.2) is 0 Å². The number of fused-ring (bicyclic) bond motifs is 1. The number of para-hydroxylation sites is 2. The molecular formula is C52H37N. The number of hydrogen-bond acceptors (Lipinski definition) is 1. The van der Waals surface area contributed by atoms with E-state index in [-0.39, 0.29) is 0 Å². The Bertz CT molecular complexity index is 2660. The van der Waals surface area contributed by atoms with Crippen molar-refractivity contribution >= 4 is 27.8 Å². The van der Waals surface area contributed by atoms with Crippen LogP contribution in [0.25, 0.3) is 66.4 Å². The van der Waals surface area contributed by atoms with Crippen LogP contribution in [0.3, 0.4) is 0 Å². The van der Waals surface area contributed by atoms with Crippen molar-refractivity contribution in [1.82, 2.24) is 0 Å². The summed E-state index contributed by atoms with van der Waals surface area (Å²) in [6.07, 6.45) is 0. The fourth-order valence-corrected chi connectivity index (χ4v) is 7.69. The van der Waals surface area contributed by atoms with Gasteiger partial charge in [0.25, 0.3) is 0 Å². The number of nitrogens with zero attached hydrogens (tertiary/aromatic N) is 1. The van der Waals surface area contributed by atoms with Crippen LogP contribution in [-0.4, -0.2) is 0 Å². The van der Waals surface area contributed by atoms with E-state index in [1.54, 1.807) is 0 Å². The van der Waals surface area contributed by atoms with Gasteiger partial charge in [0, 0.05) is 16.9 Å². The Morgan fingerprint density at radius 2 is 0.736 bits per heavy atom. The van der Waals surface area contributed by atoms with E-state index < -0.39 is 0 Å². The van der Waals surface area contributed by atoms with E-state index in [0.29, 0.717) is 0 Å². The Kier molecular flexibility index (Phi) is 8.66. The van der Waals surface area contributed by atoms with Crippen LogP contribution in [-0.2, 0) is 0 Å². The lowest BCUT2D eigenvalue weighted by atomic mass is 9.84. The summed E-state index contributed by atoms with van der Waals surface area (Å²) in [5.74, 6) is 0. The number of rotatable bonds is 8. The fraction of sp³-hybridized carbons (Fsp3) is 0. The highest BCUT2D eigenvalue weighted by Gasteiger charge is 2.22. The lowest BCUT2D eigenvalue weighted by Crippen LogP contribution is -2.11. The first kappa shape index (κ1) is 32.0. The molecule has 0 unspecified atom stereocenters. The smallest absolute Gasteiger partial charge is 0.0540 e. The van der Waals surface area contributed by atoms with E-state index in [4.69, 9.17) is 0 Å². The summed E-state index contributed by atoms with van der Waals surface area (Å²) < 4.78 is 0. The van der Waals surface area contributed by atoms with Gasteiger partial charge in [-0.05, 0) is 91.2 Å².